The van der Waals surface area contributed by atoms with Crippen molar-refractivity contribution < 1.29 is 14.3 Å². The molecular weight excluding hydrogens is 485 g/mol. The van der Waals surface area contributed by atoms with Gasteiger partial charge in [0, 0.05) is 32.2 Å². The number of aliphatic imine (C=N–C) groups is 1. The molecule has 9 heteroatoms. The van der Waals surface area contributed by atoms with Gasteiger partial charge in [0.2, 0.25) is 0 Å². The number of halogens is 1. The lowest BCUT2D eigenvalue weighted by molar-refractivity contribution is 0.0527. The number of hydrogen-bond acceptors (Lipinski definition) is 4. The van der Waals surface area contributed by atoms with Gasteiger partial charge in [-0.25, -0.2) is 9.79 Å². The minimum absolute atomic E-state index is 0. The van der Waals surface area contributed by atoms with E-state index in [-0.39, 0.29) is 29.9 Å². The molecule has 1 rings (SSSR count). The Bertz CT molecular complexity index is 674. The molecular formula is C20H34IN5O3. The molecule has 8 nitrogen and oxygen atoms in total. The van der Waals surface area contributed by atoms with Crippen molar-refractivity contribution in [1.82, 2.24) is 21.3 Å². The Morgan fingerprint density at radius 1 is 1.10 bits per heavy atom. The van der Waals surface area contributed by atoms with Crippen LogP contribution in [0.5, 0.6) is 0 Å². The fraction of sp³-hybridized carbons (Fsp3) is 0.550. The number of amides is 2. The average molecular weight is 519 g/mol. The molecule has 0 unspecified atom stereocenters. The number of alkyl carbamates (subject to hydrolysis) is 1. The molecule has 4 N–H and O–H groups in total. The van der Waals surface area contributed by atoms with E-state index in [4.69, 9.17) is 4.74 Å². The highest BCUT2D eigenvalue weighted by Gasteiger charge is 2.15. The molecule has 0 fully saturated rings. The number of rotatable bonds is 8. The fourth-order valence-corrected chi connectivity index (χ4v) is 2.27. The molecule has 1 aromatic rings. The molecule has 29 heavy (non-hydrogen) atoms. The second-order valence-electron chi connectivity index (χ2n) is 7.18. The first-order valence-electron chi connectivity index (χ1n) is 9.55. The molecule has 0 saturated carbocycles. The SMILES string of the molecule is CCNC(=NCc1cccc(C(=O)NC)c1)NCCCNC(=O)OC(C)(C)C.I. The van der Waals surface area contributed by atoms with Crippen LogP contribution >= 0.6 is 24.0 Å². The lowest BCUT2D eigenvalue weighted by atomic mass is 10.1. The van der Waals surface area contributed by atoms with Crippen LogP contribution in [0.15, 0.2) is 29.3 Å². The van der Waals surface area contributed by atoms with Gasteiger partial charge in [0.15, 0.2) is 5.96 Å². The summed E-state index contributed by atoms with van der Waals surface area (Å²) in [7, 11) is 1.61. The van der Waals surface area contributed by atoms with E-state index in [9.17, 15) is 9.59 Å². The number of carbonyl (C=O) groups excluding carboxylic acids is 2. The summed E-state index contributed by atoms with van der Waals surface area (Å²) in [4.78, 5) is 27.9. The molecule has 0 heterocycles. The lowest BCUT2D eigenvalue weighted by Gasteiger charge is -2.19. The third kappa shape index (κ3) is 12.2. The maximum absolute atomic E-state index is 11.7. The van der Waals surface area contributed by atoms with Gasteiger partial charge in [0.1, 0.15) is 5.60 Å². The molecule has 2 amide bonds. The minimum Gasteiger partial charge on any atom is -0.444 e. The molecule has 0 aliphatic carbocycles. The highest BCUT2D eigenvalue weighted by Crippen LogP contribution is 2.07. The van der Waals surface area contributed by atoms with Crippen LogP contribution in [0.25, 0.3) is 0 Å². The molecule has 0 atom stereocenters. The van der Waals surface area contributed by atoms with Crippen LogP contribution in [-0.4, -0.2) is 50.2 Å². The zero-order valence-corrected chi connectivity index (χ0v) is 20.3. The van der Waals surface area contributed by atoms with Gasteiger partial charge in [0.25, 0.3) is 5.91 Å². The summed E-state index contributed by atoms with van der Waals surface area (Å²) in [6.45, 7) is 9.84. The van der Waals surface area contributed by atoms with E-state index >= 15 is 0 Å². The number of guanidine groups is 1. The maximum Gasteiger partial charge on any atom is 0.407 e. The van der Waals surface area contributed by atoms with Gasteiger partial charge in [0.05, 0.1) is 6.54 Å². The Hall–Kier alpha value is -2.04. The number of carbonyl (C=O) groups is 2. The van der Waals surface area contributed by atoms with Crippen LogP contribution in [0, 0.1) is 0 Å². The van der Waals surface area contributed by atoms with Crippen molar-refractivity contribution in [2.24, 2.45) is 4.99 Å². The molecule has 0 spiro atoms. The predicted octanol–water partition coefficient (Wildman–Crippen LogP) is 2.63. The van der Waals surface area contributed by atoms with E-state index in [0.29, 0.717) is 31.2 Å². The number of nitrogens with zero attached hydrogens (tertiary/aromatic N) is 1. The van der Waals surface area contributed by atoms with Crippen LogP contribution in [0.1, 0.15) is 50.0 Å². The van der Waals surface area contributed by atoms with Crippen molar-refractivity contribution in [2.45, 2.75) is 46.3 Å². The highest BCUT2D eigenvalue weighted by atomic mass is 127. The summed E-state index contributed by atoms with van der Waals surface area (Å²) in [6, 6.07) is 7.38. The van der Waals surface area contributed by atoms with Gasteiger partial charge in [-0.1, -0.05) is 12.1 Å². The second kappa shape index (κ2) is 14.0. The highest BCUT2D eigenvalue weighted by molar-refractivity contribution is 14.0. The van der Waals surface area contributed by atoms with E-state index in [2.05, 4.69) is 26.3 Å². The van der Waals surface area contributed by atoms with Gasteiger partial charge in [-0.2, -0.15) is 0 Å². The monoisotopic (exact) mass is 519 g/mol. The predicted molar refractivity (Wildman–Crippen MR) is 127 cm³/mol. The first-order chi connectivity index (χ1) is 13.2. The van der Waals surface area contributed by atoms with Crippen molar-refractivity contribution in [2.75, 3.05) is 26.7 Å². The van der Waals surface area contributed by atoms with Crippen molar-refractivity contribution in [3.05, 3.63) is 35.4 Å². The van der Waals surface area contributed by atoms with Crippen molar-refractivity contribution in [1.29, 1.82) is 0 Å². The van der Waals surface area contributed by atoms with E-state index < -0.39 is 11.7 Å². The lowest BCUT2D eigenvalue weighted by Crippen LogP contribution is -2.39. The van der Waals surface area contributed by atoms with E-state index in [1.54, 1.807) is 13.1 Å². The van der Waals surface area contributed by atoms with Gasteiger partial charge >= 0.3 is 6.09 Å². The molecule has 0 aromatic heterocycles. The summed E-state index contributed by atoms with van der Waals surface area (Å²) >= 11 is 0. The normalized spacial score (nSPS) is 11.1. The maximum atomic E-state index is 11.7. The van der Waals surface area contributed by atoms with Crippen LogP contribution < -0.4 is 21.3 Å². The molecule has 0 radical (unpaired) electrons. The third-order valence-corrected chi connectivity index (χ3v) is 3.49. The zero-order valence-electron chi connectivity index (χ0n) is 17.9. The van der Waals surface area contributed by atoms with Crippen LogP contribution in [0.4, 0.5) is 4.79 Å². The van der Waals surface area contributed by atoms with Crippen molar-refractivity contribution in [3.8, 4) is 0 Å². The summed E-state index contributed by atoms with van der Waals surface area (Å²) in [6.07, 6.45) is 0.319. The summed E-state index contributed by atoms with van der Waals surface area (Å²) in [5.41, 5.74) is 1.06. The zero-order chi connectivity index (χ0) is 21.0. The smallest absolute Gasteiger partial charge is 0.407 e. The van der Waals surface area contributed by atoms with Crippen molar-refractivity contribution >= 4 is 41.9 Å². The molecule has 1 aromatic carbocycles. The van der Waals surface area contributed by atoms with Gasteiger partial charge in [-0.3, -0.25) is 4.79 Å². The average Bonchev–Trinajstić information content (AvgIpc) is 2.63. The quantitative estimate of drug-likeness (QED) is 0.183. The van der Waals surface area contributed by atoms with Gasteiger partial charge < -0.3 is 26.0 Å². The molecule has 0 bridgehead atoms. The van der Waals surface area contributed by atoms with Crippen LogP contribution in [0.3, 0.4) is 0 Å². The number of nitrogens with one attached hydrogen (secondary N) is 4. The largest absolute Gasteiger partial charge is 0.444 e. The van der Waals surface area contributed by atoms with Crippen LogP contribution in [-0.2, 0) is 11.3 Å². The first-order valence-corrected chi connectivity index (χ1v) is 9.55. The van der Waals surface area contributed by atoms with Gasteiger partial charge in [-0.05, 0) is 51.8 Å². The number of ether oxygens (including phenoxy) is 1. The summed E-state index contributed by atoms with van der Waals surface area (Å²) in [5.74, 6) is 0.568. The van der Waals surface area contributed by atoms with E-state index in [1.807, 2.05) is 45.9 Å². The summed E-state index contributed by atoms with van der Waals surface area (Å²) < 4.78 is 5.19. The van der Waals surface area contributed by atoms with Gasteiger partial charge in [-0.15, -0.1) is 24.0 Å². The Labute approximate surface area is 190 Å². The molecule has 0 aliphatic heterocycles. The molecule has 0 aliphatic rings. The van der Waals surface area contributed by atoms with E-state index in [1.165, 1.54) is 0 Å². The first kappa shape index (κ1) is 27.0. The standard InChI is InChI=1S/C20H33N5O3.HI/c1-6-22-18(23-11-8-12-24-19(27)28-20(2,3)4)25-14-15-9-7-10-16(13-15)17(26)21-5;/h7,9-10,13H,6,8,11-12,14H2,1-5H3,(H,21,26)(H,24,27)(H2,22,23,25);1H. The number of benzene rings is 1. The Balaban J connectivity index is 0.00000784. The topological polar surface area (TPSA) is 104 Å². The van der Waals surface area contributed by atoms with Crippen LogP contribution in [0.2, 0.25) is 0 Å². The van der Waals surface area contributed by atoms with E-state index in [0.717, 1.165) is 18.5 Å². The van der Waals surface area contributed by atoms with Crippen molar-refractivity contribution in [3.63, 3.8) is 0 Å². The Kier molecular flexibility index (Phi) is 13.0. The third-order valence-electron chi connectivity index (χ3n) is 3.49. The molecule has 0 saturated heterocycles. The molecule has 164 valence electrons. The minimum atomic E-state index is -0.498. The number of hydrogen-bond donors (Lipinski definition) is 4. The fourth-order valence-electron chi connectivity index (χ4n) is 2.27. The Morgan fingerprint density at radius 2 is 1.79 bits per heavy atom. The second-order valence-corrected chi connectivity index (χ2v) is 7.18. The Morgan fingerprint density at radius 3 is 2.41 bits per heavy atom. The summed E-state index contributed by atoms with van der Waals surface area (Å²) in [5, 5.41) is 11.7.